The normalized spacial score (nSPS) is 23.4. The molecule has 3 rings (SSSR count). The van der Waals surface area contributed by atoms with Gasteiger partial charge >= 0.3 is 11.9 Å². The van der Waals surface area contributed by atoms with Gasteiger partial charge in [0.15, 0.2) is 5.58 Å². The van der Waals surface area contributed by atoms with Gasteiger partial charge in [-0.2, -0.15) is 13.2 Å². The van der Waals surface area contributed by atoms with Gasteiger partial charge in [-0.1, -0.05) is 0 Å². The van der Waals surface area contributed by atoms with Crippen molar-refractivity contribution >= 4 is 16.8 Å². The van der Waals surface area contributed by atoms with Crippen molar-refractivity contribution in [1.29, 1.82) is 0 Å². The minimum Gasteiger partial charge on any atom is -0.408 e. The molecular weight excluding hydrogens is 285 g/mol. The molecule has 1 heterocycles. The van der Waals surface area contributed by atoms with E-state index in [-0.39, 0.29) is 18.9 Å². The summed E-state index contributed by atoms with van der Waals surface area (Å²) >= 11 is 0. The van der Waals surface area contributed by atoms with Gasteiger partial charge in [0, 0.05) is 11.7 Å². The minimum atomic E-state index is -4.08. The molecule has 1 saturated carbocycles. The molecule has 1 aromatic heterocycles. The topological polar surface area (TPSA) is 58.0 Å². The molecule has 0 radical (unpaired) electrons. The lowest BCUT2D eigenvalue weighted by atomic mass is 9.85. The zero-order valence-corrected chi connectivity index (χ0v) is 11.2. The number of H-pyrrole nitrogens is 1. The molecule has 0 aliphatic heterocycles. The number of aromatic nitrogens is 1. The number of nitrogens with one attached hydrogen (secondary N) is 2. The number of alkyl halides is 3. The Morgan fingerprint density at radius 3 is 2.57 bits per heavy atom. The fourth-order valence-electron chi connectivity index (χ4n) is 2.84. The van der Waals surface area contributed by atoms with Gasteiger partial charge in [0.1, 0.15) is 0 Å². The number of anilines is 1. The highest BCUT2D eigenvalue weighted by Gasteiger charge is 2.41. The average Bonchev–Trinajstić information content (AvgIpc) is 2.78. The molecule has 1 aliphatic carbocycles. The largest absolute Gasteiger partial charge is 0.417 e. The maximum atomic E-state index is 12.6. The van der Waals surface area contributed by atoms with Crippen LogP contribution in [0.3, 0.4) is 0 Å². The molecule has 0 bridgehead atoms. The smallest absolute Gasteiger partial charge is 0.408 e. The molecule has 0 amide bonds. The fourth-order valence-corrected chi connectivity index (χ4v) is 2.84. The van der Waals surface area contributed by atoms with E-state index in [1.54, 1.807) is 18.2 Å². The van der Waals surface area contributed by atoms with Crippen molar-refractivity contribution in [2.24, 2.45) is 5.92 Å². The molecule has 0 spiro atoms. The molecule has 114 valence electrons. The van der Waals surface area contributed by atoms with Gasteiger partial charge in [-0.05, 0) is 43.9 Å². The molecule has 7 heteroatoms. The maximum absolute atomic E-state index is 12.6. The first-order valence-corrected chi connectivity index (χ1v) is 6.88. The number of benzene rings is 1. The van der Waals surface area contributed by atoms with E-state index in [2.05, 4.69) is 10.3 Å². The molecule has 0 saturated heterocycles. The van der Waals surface area contributed by atoms with Gasteiger partial charge in [0.05, 0.1) is 11.4 Å². The third-order valence-corrected chi connectivity index (χ3v) is 3.98. The van der Waals surface area contributed by atoms with Crippen LogP contribution < -0.4 is 11.1 Å². The fraction of sp³-hybridized carbons (Fsp3) is 0.500. The van der Waals surface area contributed by atoms with E-state index in [0.29, 0.717) is 23.9 Å². The average molecular weight is 300 g/mol. The number of rotatable bonds is 2. The van der Waals surface area contributed by atoms with Crippen LogP contribution in [-0.4, -0.2) is 17.2 Å². The number of halogens is 3. The van der Waals surface area contributed by atoms with E-state index in [1.165, 1.54) is 0 Å². The van der Waals surface area contributed by atoms with Crippen molar-refractivity contribution in [3.63, 3.8) is 0 Å². The SMILES string of the molecule is O=c1[nH]c2cc(NC3CCC(C(F)(F)F)CC3)ccc2o1. The summed E-state index contributed by atoms with van der Waals surface area (Å²) in [5, 5.41) is 3.22. The van der Waals surface area contributed by atoms with Gasteiger partial charge in [0.2, 0.25) is 0 Å². The van der Waals surface area contributed by atoms with Gasteiger partial charge < -0.3 is 9.73 Å². The predicted molar refractivity (Wildman–Crippen MR) is 72.3 cm³/mol. The van der Waals surface area contributed by atoms with Crippen LogP contribution in [0.4, 0.5) is 18.9 Å². The first-order chi connectivity index (χ1) is 9.91. The van der Waals surface area contributed by atoms with E-state index in [9.17, 15) is 18.0 Å². The van der Waals surface area contributed by atoms with Gasteiger partial charge in [-0.3, -0.25) is 4.98 Å². The Morgan fingerprint density at radius 2 is 1.90 bits per heavy atom. The minimum absolute atomic E-state index is 0.0275. The molecule has 1 aromatic carbocycles. The zero-order chi connectivity index (χ0) is 15.0. The molecule has 0 atom stereocenters. The lowest BCUT2D eigenvalue weighted by Crippen LogP contribution is -2.32. The van der Waals surface area contributed by atoms with Crippen molar-refractivity contribution in [2.45, 2.75) is 37.9 Å². The van der Waals surface area contributed by atoms with Gasteiger partial charge in [-0.25, -0.2) is 4.79 Å². The summed E-state index contributed by atoms with van der Waals surface area (Å²) in [5.41, 5.74) is 1.82. The molecule has 2 N–H and O–H groups in total. The number of aromatic amines is 1. The predicted octanol–water partition coefficient (Wildman–Crippen LogP) is 3.65. The van der Waals surface area contributed by atoms with Crippen LogP contribution in [0.1, 0.15) is 25.7 Å². The zero-order valence-electron chi connectivity index (χ0n) is 11.2. The van der Waals surface area contributed by atoms with Crippen LogP contribution in [0.2, 0.25) is 0 Å². The van der Waals surface area contributed by atoms with Crippen molar-refractivity contribution in [3.05, 3.63) is 28.7 Å². The third kappa shape index (κ3) is 3.06. The standard InChI is InChI=1S/C14H15F3N2O2/c15-14(16,17)8-1-3-9(4-2-8)18-10-5-6-12-11(7-10)19-13(20)21-12/h5-9,18H,1-4H2,(H,19,20). The summed E-state index contributed by atoms with van der Waals surface area (Å²) < 4.78 is 42.7. The Hall–Kier alpha value is -1.92. The molecule has 2 aromatic rings. The number of hydrogen-bond donors (Lipinski definition) is 2. The Balaban J connectivity index is 1.65. The summed E-state index contributed by atoms with van der Waals surface area (Å²) in [6.45, 7) is 0. The summed E-state index contributed by atoms with van der Waals surface area (Å²) in [6.07, 6.45) is -2.79. The van der Waals surface area contributed by atoms with Gasteiger partial charge in [0.25, 0.3) is 0 Å². The monoisotopic (exact) mass is 300 g/mol. The molecule has 1 aliphatic rings. The Kier molecular flexibility index (Phi) is 3.43. The number of fused-ring (bicyclic) bond motifs is 1. The number of oxazole rings is 1. The van der Waals surface area contributed by atoms with Crippen molar-refractivity contribution in [3.8, 4) is 0 Å². The van der Waals surface area contributed by atoms with Crippen LogP contribution in [0, 0.1) is 5.92 Å². The molecule has 4 nitrogen and oxygen atoms in total. The van der Waals surface area contributed by atoms with Crippen LogP contribution in [-0.2, 0) is 0 Å². The lowest BCUT2D eigenvalue weighted by molar-refractivity contribution is -0.182. The maximum Gasteiger partial charge on any atom is 0.417 e. The second kappa shape index (κ2) is 5.13. The van der Waals surface area contributed by atoms with Crippen molar-refractivity contribution in [2.75, 3.05) is 5.32 Å². The Morgan fingerprint density at radius 1 is 1.19 bits per heavy atom. The van der Waals surface area contributed by atoms with Crippen molar-refractivity contribution < 1.29 is 17.6 Å². The summed E-state index contributed by atoms with van der Waals surface area (Å²) in [7, 11) is 0. The van der Waals surface area contributed by atoms with E-state index in [0.717, 1.165) is 5.69 Å². The highest BCUT2D eigenvalue weighted by atomic mass is 19.4. The Bertz CT molecular complexity index is 681. The second-order valence-electron chi connectivity index (χ2n) is 5.46. The number of hydrogen-bond acceptors (Lipinski definition) is 3. The summed E-state index contributed by atoms with van der Waals surface area (Å²) in [4.78, 5) is 13.6. The molecule has 0 unspecified atom stereocenters. The molecule has 1 fully saturated rings. The Labute approximate surface area is 118 Å². The van der Waals surface area contributed by atoms with Crippen LogP contribution in [0.15, 0.2) is 27.4 Å². The van der Waals surface area contributed by atoms with E-state index in [4.69, 9.17) is 4.42 Å². The van der Waals surface area contributed by atoms with Crippen LogP contribution in [0.5, 0.6) is 0 Å². The highest BCUT2D eigenvalue weighted by Crippen LogP contribution is 2.38. The van der Waals surface area contributed by atoms with Crippen LogP contribution >= 0.6 is 0 Å². The lowest BCUT2D eigenvalue weighted by Gasteiger charge is -2.30. The quantitative estimate of drug-likeness (QED) is 0.890. The molecular formula is C14H15F3N2O2. The van der Waals surface area contributed by atoms with Crippen molar-refractivity contribution in [1.82, 2.24) is 4.98 Å². The molecule has 21 heavy (non-hydrogen) atoms. The summed E-state index contributed by atoms with van der Waals surface area (Å²) in [6, 6.07) is 5.18. The summed E-state index contributed by atoms with van der Waals surface area (Å²) in [5.74, 6) is -1.70. The highest BCUT2D eigenvalue weighted by molar-refractivity contribution is 5.76. The second-order valence-corrected chi connectivity index (χ2v) is 5.46. The van der Waals surface area contributed by atoms with Gasteiger partial charge in [-0.15, -0.1) is 0 Å². The first-order valence-electron chi connectivity index (χ1n) is 6.88. The first kappa shape index (κ1) is 14.0. The van der Waals surface area contributed by atoms with E-state index < -0.39 is 17.9 Å². The van der Waals surface area contributed by atoms with E-state index >= 15 is 0 Å². The van der Waals surface area contributed by atoms with E-state index in [1.807, 2.05) is 0 Å². The van der Waals surface area contributed by atoms with Crippen LogP contribution in [0.25, 0.3) is 11.1 Å². The third-order valence-electron chi connectivity index (χ3n) is 3.98.